The predicted octanol–water partition coefficient (Wildman–Crippen LogP) is 3.58. The molecular weight excluding hydrogens is 392 g/mol. The Hall–Kier alpha value is -2.91. The van der Waals surface area contributed by atoms with E-state index in [4.69, 9.17) is 4.74 Å². The van der Waals surface area contributed by atoms with Gasteiger partial charge in [0.15, 0.2) is 5.16 Å². The van der Waals surface area contributed by atoms with Crippen LogP contribution in [0, 0.1) is 10.1 Å². The van der Waals surface area contributed by atoms with E-state index < -0.39 is 11.0 Å². The molecule has 1 aromatic heterocycles. The first-order chi connectivity index (χ1) is 14.1. The second-order valence-corrected chi connectivity index (χ2v) is 7.80. The Bertz CT molecular complexity index is 991. The van der Waals surface area contributed by atoms with Crippen LogP contribution in [0.3, 0.4) is 0 Å². The van der Waals surface area contributed by atoms with E-state index in [1.54, 1.807) is 12.1 Å². The lowest BCUT2D eigenvalue weighted by molar-refractivity contribution is -0.384. The first kappa shape index (κ1) is 19.4. The second kappa shape index (κ2) is 8.62. The number of non-ortho nitro benzene ring substituents is 1. The third-order valence-corrected chi connectivity index (χ3v) is 5.56. The monoisotopic (exact) mass is 412 g/mol. The minimum absolute atomic E-state index is 0.0309. The topological polar surface area (TPSA) is 103 Å². The molecule has 1 heterocycles. The molecule has 4 rings (SSSR count). The fourth-order valence-corrected chi connectivity index (χ4v) is 3.76. The first-order valence-electron chi connectivity index (χ1n) is 9.30. The summed E-state index contributed by atoms with van der Waals surface area (Å²) in [5.41, 5.74) is 0.958. The molecular formula is C20H20N4O4S. The van der Waals surface area contributed by atoms with E-state index in [1.807, 2.05) is 30.3 Å². The van der Waals surface area contributed by atoms with E-state index in [1.165, 1.54) is 23.9 Å². The molecule has 8 nitrogen and oxygen atoms in total. The summed E-state index contributed by atoms with van der Waals surface area (Å²) in [5.74, 6) is 2.12. The lowest BCUT2D eigenvalue weighted by Crippen LogP contribution is -2.20. The molecule has 0 spiro atoms. The Morgan fingerprint density at radius 1 is 1.21 bits per heavy atom. The average molecular weight is 412 g/mol. The average Bonchev–Trinajstić information content (AvgIpc) is 3.50. The Morgan fingerprint density at radius 2 is 2.00 bits per heavy atom. The molecule has 0 radical (unpaired) electrons. The Labute approximate surface area is 171 Å². The number of thioether (sulfide) groups is 1. The molecule has 1 atom stereocenters. The van der Waals surface area contributed by atoms with Crippen LogP contribution in [-0.4, -0.2) is 43.3 Å². The fourth-order valence-electron chi connectivity index (χ4n) is 2.90. The molecule has 150 valence electrons. The molecule has 1 aliphatic rings. The van der Waals surface area contributed by atoms with Crippen molar-refractivity contribution in [2.75, 3.05) is 12.4 Å². The minimum atomic E-state index is -0.760. The van der Waals surface area contributed by atoms with Crippen molar-refractivity contribution in [3.05, 3.63) is 70.5 Å². The molecule has 3 aromatic rings. The maximum Gasteiger partial charge on any atom is 0.273 e. The van der Waals surface area contributed by atoms with Gasteiger partial charge in [0.2, 0.25) is 0 Å². The number of aliphatic hydroxyl groups excluding tert-OH is 1. The van der Waals surface area contributed by atoms with Crippen molar-refractivity contribution in [2.24, 2.45) is 0 Å². The molecule has 1 fully saturated rings. The number of benzene rings is 2. The molecule has 0 saturated heterocycles. The van der Waals surface area contributed by atoms with Gasteiger partial charge >= 0.3 is 0 Å². The van der Waals surface area contributed by atoms with Gasteiger partial charge in [-0.1, -0.05) is 36.0 Å². The first-order valence-corrected chi connectivity index (χ1v) is 10.3. The minimum Gasteiger partial charge on any atom is -0.491 e. The maximum atomic E-state index is 10.8. The zero-order valence-electron chi connectivity index (χ0n) is 15.5. The van der Waals surface area contributed by atoms with Crippen molar-refractivity contribution in [1.82, 2.24) is 14.8 Å². The summed E-state index contributed by atoms with van der Waals surface area (Å²) in [5, 5.41) is 30.6. The van der Waals surface area contributed by atoms with Crippen LogP contribution < -0.4 is 4.74 Å². The van der Waals surface area contributed by atoms with E-state index in [0.717, 1.165) is 29.5 Å². The van der Waals surface area contributed by atoms with Gasteiger partial charge in [-0.05, 0) is 31.0 Å². The van der Waals surface area contributed by atoms with E-state index in [9.17, 15) is 15.2 Å². The van der Waals surface area contributed by atoms with Crippen LogP contribution >= 0.6 is 11.8 Å². The van der Waals surface area contributed by atoms with Gasteiger partial charge in [-0.25, -0.2) is 0 Å². The van der Waals surface area contributed by atoms with Gasteiger partial charge in [0, 0.05) is 23.4 Å². The summed E-state index contributed by atoms with van der Waals surface area (Å²) in [7, 11) is 0. The van der Waals surface area contributed by atoms with Gasteiger partial charge in [-0.2, -0.15) is 0 Å². The molecule has 0 bridgehead atoms. The van der Waals surface area contributed by atoms with Crippen molar-refractivity contribution < 1.29 is 14.8 Å². The van der Waals surface area contributed by atoms with Crippen LogP contribution in [-0.2, 0) is 0 Å². The van der Waals surface area contributed by atoms with Crippen molar-refractivity contribution in [3.8, 4) is 11.4 Å². The quantitative estimate of drug-likeness (QED) is 0.325. The Balaban J connectivity index is 1.39. The van der Waals surface area contributed by atoms with Crippen LogP contribution in [0.2, 0.25) is 0 Å². The third-order valence-electron chi connectivity index (χ3n) is 4.49. The van der Waals surface area contributed by atoms with Crippen LogP contribution in [0.25, 0.3) is 5.69 Å². The number of ether oxygens (including phenoxy) is 1. The summed E-state index contributed by atoms with van der Waals surface area (Å²) in [6, 6.07) is 15.9. The lowest BCUT2D eigenvalue weighted by Gasteiger charge is -2.13. The SMILES string of the molecule is O=[N+]([O-])c1cccc(OCC(O)CSc2nnc(C3CC3)n2-c2ccccc2)c1. The van der Waals surface area contributed by atoms with Gasteiger partial charge in [-0.15, -0.1) is 10.2 Å². The summed E-state index contributed by atoms with van der Waals surface area (Å²) >= 11 is 1.41. The molecule has 1 aliphatic carbocycles. The molecule has 1 N–H and O–H groups in total. The van der Waals surface area contributed by atoms with Gasteiger partial charge in [-0.3, -0.25) is 14.7 Å². The van der Waals surface area contributed by atoms with Gasteiger partial charge in [0.05, 0.1) is 17.1 Å². The molecule has 2 aromatic carbocycles. The van der Waals surface area contributed by atoms with E-state index >= 15 is 0 Å². The Kier molecular flexibility index (Phi) is 5.77. The molecule has 0 amide bonds. The summed E-state index contributed by atoms with van der Waals surface area (Å²) < 4.78 is 7.56. The fraction of sp³-hybridized carbons (Fsp3) is 0.300. The second-order valence-electron chi connectivity index (χ2n) is 6.82. The maximum absolute atomic E-state index is 10.8. The number of aromatic nitrogens is 3. The summed E-state index contributed by atoms with van der Waals surface area (Å²) in [6.45, 7) is 0.0309. The standard InChI is InChI=1S/C20H20N4O4S/c25-17(12-28-18-8-4-7-16(11-18)24(26)27)13-29-20-22-21-19(14-9-10-14)23(20)15-5-2-1-3-6-15/h1-8,11,14,17,25H,9-10,12-13H2. The number of rotatable bonds is 9. The smallest absolute Gasteiger partial charge is 0.273 e. The highest BCUT2D eigenvalue weighted by molar-refractivity contribution is 7.99. The number of hydrogen-bond acceptors (Lipinski definition) is 7. The van der Waals surface area contributed by atoms with Crippen molar-refractivity contribution in [2.45, 2.75) is 30.0 Å². The lowest BCUT2D eigenvalue weighted by atomic mass is 10.3. The van der Waals surface area contributed by atoms with Crippen molar-refractivity contribution >= 4 is 17.4 Å². The van der Waals surface area contributed by atoms with Crippen molar-refractivity contribution in [1.29, 1.82) is 0 Å². The Morgan fingerprint density at radius 3 is 2.72 bits per heavy atom. The van der Waals surface area contributed by atoms with E-state index in [0.29, 0.717) is 17.4 Å². The third kappa shape index (κ3) is 4.75. The van der Waals surface area contributed by atoms with Gasteiger partial charge < -0.3 is 9.84 Å². The predicted molar refractivity (Wildman–Crippen MR) is 109 cm³/mol. The van der Waals surface area contributed by atoms with Crippen LogP contribution in [0.1, 0.15) is 24.6 Å². The highest BCUT2D eigenvalue weighted by Gasteiger charge is 2.31. The molecule has 29 heavy (non-hydrogen) atoms. The normalized spacial score (nSPS) is 14.5. The number of nitrogens with zero attached hydrogens (tertiary/aromatic N) is 4. The number of nitro groups is 1. The zero-order chi connectivity index (χ0) is 20.2. The van der Waals surface area contributed by atoms with Crippen LogP contribution in [0.4, 0.5) is 5.69 Å². The van der Waals surface area contributed by atoms with E-state index in [2.05, 4.69) is 14.8 Å². The largest absolute Gasteiger partial charge is 0.491 e. The van der Waals surface area contributed by atoms with Gasteiger partial charge in [0.25, 0.3) is 5.69 Å². The van der Waals surface area contributed by atoms with Crippen molar-refractivity contribution in [3.63, 3.8) is 0 Å². The van der Waals surface area contributed by atoms with Gasteiger partial charge in [0.1, 0.15) is 18.2 Å². The number of nitro benzene ring substituents is 1. The van der Waals surface area contributed by atoms with Crippen LogP contribution in [0.15, 0.2) is 59.8 Å². The number of hydrogen-bond donors (Lipinski definition) is 1. The molecule has 1 saturated carbocycles. The molecule has 9 heteroatoms. The van der Waals surface area contributed by atoms with Crippen LogP contribution in [0.5, 0.6) is 5.75 Å². The molecule has 0 aliphatic heterocycles. The summed E-state index contributed by atoms with van der Waals surface area (Å²) in [4.78, 5) is 10.4. The highest BCUT2D eigenvalue weighted by atomic mass is 32.2. The van der Waals surface area contributed by atoms with E-state index in [-0.39, 0.29) is 12.3 Å². The zero-order valence-corrected chi connectivity index (χ0v) is 16.4. The molecule has 1 unspecified atom stereocenters. The highest BCUT2D eigenvalue weighted by Crippen LogP contribution is 2.41. The summed E-state index contributed by atoms with van der Waals surface area (Å²) in [6.07, 6.45) is 1.48. The number of para-hydroxylation sites is 1. The number of aliphatic hydroxyl groups is 1.